The topological polar surface area (TPSA) is 151 Å². The summed E-state index contributed by atoms with van der Waals surface area (Å²) < 4.78 is 10.5. The zero-order chi connectivity index (χ0) is 28.1. The first-order chi connectivity index (χ1) is 19.5. The number of aromatic nitrogens is 2. The van der Waals surface area contributed by atoms with Gasteiger partial charge in [0.15, 0.2) is 5.58 Å². The molecule has 2 aromatic heterocycles. The highest BCUT2D eigenvalue weighted by molar-refractivity contribution is 5.94. The summed E-state index contributed by atoms with van der Waals surface area (Å²) in [5, 5.41) is 6.83. The number of oxazole rings is 1. The smallest absolute Gasteiger partial charge is 0.411 e. The van der Waals surface area contributed by atoms with Gasteiger partial charge in [-0.05, 0) is 35.9 Å². The summed E-state index contributed by atoms with van der Waals surface area (Å²) in [7, 11) is 3.01. The van der Waals surface area contributed by atoms with Crippen LogP contribution in [0.4, 0.5) is 10.5 Å². The van der Waals surface area contributed by atoms with Crippen molar-refractivity contribution in [1.82, 2.24) is 25.2 Å². The molecule has 1 fully saturated rings. The molecule has 2 aromatic carbocycles. The number of hydrazone groups is 1. The number of amidine groups is 1. The van der Waals surface area contributed by atoms with E-state index in [0.29, 0.717) is 65.9 Å². The Hall–Kier alpha value is -4.97. The number of carbonyl (C=O) groups is 2. The van der Waals surface area contributed by atoms with Crippen molar-refractivity contribution in [2.45, 2.75) is 6.04 Å². The van der Waals surface area contributed by atoms with Gasteiger partial charge in [0.25, 0.3) is 5.91 Å². The van der Waals surface area contributed by atoms with Crippen molar-refractivity contribution in [3.05, 3.63) is 78.1 Å². The Labute approximate surface area is 230 Å². The lowest BCUT2D eigenvalue weighted by Crippen LogP contribution is -2.52. The van der Waals surface area contributed by atoms with Crippen LogP contribution in [-0.4, -0.2) is 77.9 Å². The lowest BCUT2D eigenvalue weighted by atomic mass is 10.0. The maximum Gasteiger partial charge on any atom is 0.411 e. The number of anilines is 1. The van der Waals surface area contributed by atoms with Crippen LogP contribution >= 0.6 is 0 Å². The van der Waals surface area contributed by atoms with Gasteiger partial charge in [-0.25, -0.2) is 9.78 Å². The molecule has 0 radical (unpaired) electrons. The molecule has 2 amide bonds. The van der Waals surface area contributed by atoms with E-state index in [0.717, 1.165) is 5.56 Å². The minimum absolute atomic E-state index is 0.171. The molecular weight excluding hydrogens is 512 g/mol. The van der Waals surface area contributed by atoms with Crippen LogP contribution in [0.15, 0.2) is 76.4 Å². The van der Waals surface area contributed by atoms with Crippen molar-refractivity contribution in [2.75, 3.05) is 45.7 Å². The van der Waals surface area contributed by atoms with Gasteiger partial charge in [0, 0.05) is 50.7 Å². The number of benzene rings is 2. The molecule has 40 heavy (non-hydrogen) atoms. The molecule has 4 N–H and O–H groups in total. The number of nitrogens with zero attached hydrogens (tertiary/aromatic N) is 5. The van der Waals surface area contributed by atoms with Crippen molar-refractivity contribution in [3.8, 4) is 11.5 Å². The van der Waals surface area contributed by atoms with E-state index >= 15 is 0 Å². The number of methoxy groups -OCH3 is 1. The molecule has 0 aliphatic carbocycles. The average molecular weight is 543 g/mol. The number of fused-ring (bicyclic) bond motifs is 1. The first kappa shape index (κ1) is 26.6. The molecule has 1 aliphatic heterocycles. The Morgan fingerprint density at radius 1 is 1.07 bits per heavy atom. The second kappa shape index (κ2) is 11.8. The summed E-state index contributed by atoms with van der Waals surface area (Å²) in [6.07, 6.45) is 0.990. The van der Waals surface area contributed by atoms with Gasteiger partial charge < -0.3 is 25.2 Å². The second-order valence-corrected chi connectivity index (χ2v) is 9.15. The quantitative estimate of drug-likeness (QED) is 0.182. The number of rotatable bonds is 7. The zero-order valence-corrected chi connectivity index (χ0v) is 22.2. The number of pyridine rings is 1. The minimum atomic E-state index is -0.577. The Morgan fingerprint density at radius 3 is 2.58 bits per heavy atom. The first-order valence-corrected chi connectivity index (χ1v) is 12.8. The zero-order valence-electron chi connectivity index (χ0n) is 22.2. The molecule has 0 spiro atoms. The highest BCUT2D eigenvalue weighted by Gasteiger charge is 2.30. The third-order valence-corrected chi connectivity index (χ3v) is 6.65. The molecule has 12 heteroatoms. The van der Waals surface area contributed by atoms with Gasteiger partial charge in [-0.1, -0.05) is 30.3 Å². The van der Waals surface area contributed by atoms with Crippen LogP contribution < -0.4 is 16.5 Å². The maximum absolute atomic E-state index is 13.4. The van der Waals surface area contributed by atoms with Crippen LogP contribution in [0.25, 0.3) is 22.6 Å². The fourth-order valence-electron chi connectivity index (χ4n) is 4.72. The predicted molar refractivity (Wildman–Crippen MR) is 151 cm³/mol. The van der Waals surface area contributed by atoms with Crippen LogP contribution in [0.3, 0.4) is 0 Å². The monoisotopic (exact) mass is 542 g/mol. The number of nitrogens with one attached hydrogen (secondary N) is 2. The van der Waals surface area contributed by atoms with E-state index in [9.17, 15) is 9.59 Å². The third kappa shape index (κ3) is 5.71. The lowest BCUT2D eigenvalue weighted by Gasteiger charge is -2.39. The van der Waals surface area contributed by atoms with Crippen LogP contribution in [0.5, 0.6) is 0 Å². The van der Waals surface area contributed by atoms with E-state index in [2.05, 4.69) is 35.4 Å². The lowest BCUT2D eigenvalue weighted by molar-refractivity contribution is 0.0606. The minimum Gasteiger partial charge on any atom is -0.453 e. The molecule has 1 aliphatic rings. The van der Waals surface area contributed by atoms with E-state index < -0.39 is 6.09 Å². The molecule has 12 nitrogen and oxygen atoms in total. The van der Waals surface area contributed by atoms with E-state index in [1.54, 1.807) is 48.5 Å². The molecule has 1 unspecified atom stereocenters. The highest BCUT2D eigenvalue weighted by atomic mass is 16.5. The fourth-order valence-corrected chi connectivity index (χ4v) is 4.72. The van der Waals surface area contributed by atoms with E-state index in [1.165, 1.54) is 7.11 Å². The summed E-state index contributed by atoms with van der Waals surface area (Å²) in [6, 6.07) is 18.3. The molecule has 3 heterocycles. The van der Waals surface area contributed by atoms with Gasteiger partial charge in [-0.15, -0.1) is 0 Å². The van der Waals surface area contributed by atoms with Crippen molar-refractivity contribution in [2.24, 2.45) is 10.8 Å². The second-order valence-electron chi connectivity index (χ2n) is 9.15. The summed E-state index contributed by atoms with van der Waals surface area (Å²) in [5.41, 5.74) is 12.7. The summed E-state index contributed by atoms with van der Waals surface area (Å²) in [6.45, 7) is 2.27. The molecule has 5 rings (SSSR count). The van der Waals surface area contributed by atoms with Crippen LogP contribution in [0, 0.1) is 0 Å². The van der Waals surface area contributed by atoms with Crippen molar-refractivity contribution >= 4 is 34.6 Å². The Bertz CT molecular complexity index is 1530. The molecule has 206 valence electrons. The number of hydrogen-bond donors (Lipinski definition) is 3. The molecule has 0 bridgehead atoms. The Balaban J connectivity index is 1.29. The van der Waals surface area contributed by atoms with Gasteiger partial charge >= 0.3 is 6.09 Å². The number of ether oxygens (including phenoxy) is 1. The largest absolute Gasteiger partial charge is 0.453 e. The summed E-state index contributed by atoms with van der Waals surface area (Å²) in [4.78, 5) is 37.8. The van der Waals surface area contributed by atoms with E-state index in [1.807, 2.05) is 30.3 Å². The van der Waals surface area contributed by atoms with Gasteiger partial charge in [0.1, 0.15) is 17.0 Å². The van der Waals surface area contributed by atoms with Gasteiger partial charge in [0.2, 0.25) is 5.89 Å². The number of carbonyl (C=O) groups excluding carboxylic acids is 2. The number of amides is 2. The van der Waals surface area contributed by atoms with Gasteiger partial charge in [-0.2, -0.15) is 5.10 Å². The molecule has 4 aromatic rings. The summed E-state index contributed by atoms with van der Waals surface area (Å²) in [5.74, 6) is 0.640. The van der Waals surface area contributed by atoms with Crippen LogP contribution in [-0.2, 0) is 4.74 Å². The normalized spacial score (nSPS) is 15.1. The summed E-state index contributed by atoms with van der Waals surface area (Å²) >= 11 is 0. The molecule has 0 saturated carbocycles. The van der Waals surface area contributed by atoms with Crippen LogP contribution in [0.1, 0.15) is 22.1 Å². The Morgan fingerprint density at radius 2 is 1.85 bits per heavy atom. The van der Waals surface area contributed by atoms with E-state index in [-0.39, 0.29) is 11.9 Å². The molecular formula is C28H30N8O4. The van der Waals surface area contributed by atoms with Gasteiger partial charge in [0.05, 0.1) is 13.2 Å². The van der Waals surface area contributed by atoms with Crippen molar-refractivity contribution < 1.29 is 18.7 Å². The maximum atomic E-state index is 13.4. The fraction of sp³-hybridized carbons (Fsp3) is 0.250. The number of piperazine rings is 1. The van der Waals surface area contributed by atoms with Crippen molar-refractivity contribution in [1.29, 1.82) is 0 Å². The molecule has 1 saturated heterocycles. The van der Waals surface area contributed by atoms with Gasteiger partial charge in [-0.3, -0.25) is 20.0 Å². The highest BCUT2D eigenvalue weighted by Crippen LogP contribution is 2.27. The average Bonchev–Trinajstić information content (AvgIpc) is 3.42. The molecule has 1 atom stereocenters. The number of nitrogens with two attached hydrogens (primary N) is 1. The predicted octanol–water partition coefficient (Wildman–Crippen LogP) is 3.06. The van der Waals surface area contributed by atoms with Crippen molar-refractivity contribution in [3.63, 3.8) is 0 Å². The van der Waals surface area contributed by atoms with E-state index in [4.69, 9.17) is 10.2 Å². The first-order valence-electron chi connectivity index (χ1n) is 12.8. The standard InChI is InChI=1S/C28H30N8O4/c1-30-34-25(29)24(18-6-4-3-5-7-18)35-12-14-36(15-13-35)27(37)22-16-19(10-11-31-22)26-33-21-17-20(32-28(38)39-2)8-9-23(21)40-26/h3-11,16-17,24,30H,12-15H2,1-2H3,(H2,29,34)(H,32,38). The Kier molecular flexibility index (Phi) is 7.87. The number of hydrogen-bond acceptors (Lipinski definition) is 9. The SMILES string of the molecule is CN/N=C(\N)C(c1ccccc1)N1CCN(C(=O)c2cc(-c3nc4cc(NC(=O)OC)ccc4o3)ccn2)CC1. The van der Waals surface area contributed by atoms with Crippen LogP contribution in [0.2, 0.25) is 0 Å². The third-order valence-electron chi connectivity index (χ3n) is 6.65.